The maximum Gasteiger partial charge on any atom is 0.289 e. The number of hydrogen-bond donors (Lipinski definition) is 1. The van der Waals surface area contributed by atoms with E-state index in [-0.39, 0.29) is 22.4 Å². The van der Waals surface area contributed by atoms with E-state index in [2.05, 4.69) is 10.3 Å². The molecule has 0 saturated carbocycles. The number of pyridine rings is 1. The Balaban J connectivity index is 1.96. The van der Waals surface area contributed by atoms with E-state index < -0.39 is 4.92 Å². The molecule has 0 atom stereocenters. The second-order valence-electron chi connectivity index (χ2n) is 4.07. The number of rotatable bonds is 5. The molecule has 0 spiro atoms. The minimum atomic E-state index is -0.607. The predicted octanol–water partition coefficient (Wildman–Crippen LogP) is 4.03. The molecular weight excluding hydrogens is 349 g/mol. The summed E-state index contributed by atoms with van der Waals surface area (Å²) in [5, 5.41) is 14.5. The van der Waals surface area contributed by atoms with Crippen molar-refractivity contribution in [3.05, 3.63) is 56.7 Å². The largest absolute Gasteiger partial charge is 0.325 e. The van der Waals surface area contributed by atoms with E-state index in [9.17, 15) is 14.9 Å². The van der Waals surface area contributed by atoms with E-state index in [0.29, 0.717) is 15.7 Å². The van der Waals surface area contributed by atoms with Crippen molar-refractivity contribution in [3.63, 3.8) is 0 Å². The van der Waals surface area contributed by atoms with Crippen LogP contribution in [0.2, 0.25) is 10.0 Å². The van der Waals surface area contributed by atoms with E-state index in [4.69, 9.17) is 23.2 Å². The van der Waals surface area contributed by atoms with Crippen molar-refractivity contribution in [3.8, 4) is 0 Å². The summed E-state index contributed by atoms with van der Waals surface area (Å²) in [6, 6.07) is 7.46. The number of anilines is 1. The zero-order chi connectivity index (χ0) is 16.1. The number of carbonyl (C=O) groups excluding carboxylic acids is 1. The van der Waals surface area contributed by atoms with E-state index in [0.717, 1.165) is 0 Å². The molecule has 0 aliphatic carbocycles. The second kappa shape index (κ2) is 7.44. The third-order valence-electron chi connectivity index (χ3n) is 2.48. The maximum absolute atomic E-state index is 11.8. The summed E-state index contributed by atoms with van der Waals surface area (Å²) >= 11 is 12.7. The Hall–Kier alpha value is -1.83. The van der Waals surface area contributed by atoms with Crippen LogP contribution in [0.1, 0.15) is 0 Å². The van der Waals surface area contributed by atoms with Crippen LogP contribution in [0, 0.1) is 10.1 Å². The zero-order valence-electron chi connectivity index (χ0n) is 11.0. The van der Waals surface area contributed by atoms with Crippen LogP contribution in [0.15, 0.2) is 41.6 Å². The van der Waals surface area contributed by atoms with Gasteiger partial charge in [0.15, 0.2) is 0 Å². The Morgan fingerprint density at radius 3 is 2.73 bits per heavy atom. The molecule has 1 aromatic heterocycles. The first kappa shape index (κ1) is 16.5. The lowest BCUT2D eigenvalue weighted by Crippen LogP contribution is -2.14. The average molecular weight is 358 g/mol. The molecule has 0 fully saturated rings. The van der Waals surface area contributed by atoms with Crippen LogP contribution in [0.3, 0.4) is 0 Å². The highest BCUT2D eigenvalue weighted by atomic mass is 35.5. The third kappa shape index (κ3) is 4.59. The Labute approximate surface area is 140 Å². The van der Waals surface area contributed by atoms with Gasteiger partial charge in [-0.25, -0.2) is 4.98 Å². The van der Waals surface area contributed by atoms with Crippen LogP contribution >= 0.6 is 35.0 Å². The number of nitro groups is 1. The number of carbonyl (C=O) groups is 1. The number of hydrogen-bond acceptors (Lipinski definition) is 5. The molecule has 0 bridgehead atoms. The molecule has 0 radical (unpaired) electrons. The molecule has 0 aliphatic heterocycles. The lowest BCUT2D eigenvalue weighted by Gasteiger charge is -2.05. The molecule has 9 heteroatoms. The first-order valence-corrected chi connectivity index (χ1v) is 7.68. The highest BCUT2D eigenvalue weighted by Gasteiger charge is 2.14. The maximum atomic E-state index is 11.8. The van der Waals surface area contributed by atoms with Crippen molar-refractivity contribution in [2.45, 2.75) is 5.03 Å². The van der Waals surface area contributed by atoms with Gasteiger partial charge in [0.25, 0.3) is 5.69 Å². The first-order valence-electron chi connectivity index (χ1n) is 5.94. The molecule has 0 saturated heterocycles. The Bertz CT molecular complexity index is 710. The standard InChI is InChI=1S/C13H9Cl2N3O3S/c14-8-1-4-13(16-6-8)22-7-12(19)17-9-2-3-10(15)11(5-9)18(20)21/h1-6H,7H2,(H,17,19). The fourth-order valence-corrected chi connectivity index (χ4v) is 2.46. The lowest BCUT2D eigenvalue weighted by atomic mass is 10.3. The summed E-state index contributed by atoms with van der Waals surface area (Å²) < 4.78 is 0. The SMILES string of the molecule is O=C(CSc1ccc(Cl)cn1)Nc1ccc(Cl)c([N+](=O)[O-])c1. The number of nitro benzene ring substituents is 1. The molecule has 22 heavy (non-hydrogen) atoms. The van der Waals surface area contributed by atoms with Gasteiger partial charge >= 0.3 is 0 Å². The number of thioether (sulfide) groups is 1. The quantitative estimate of drug-likeness (QED) is 0.496. The highest BCUT2D eigenvalue weighted by molar-refractivity contribution is 7.99. The molecule has 1 aromatic carbocycles. The molecule has 6 nitrogen and oxygen atoms in total. The average Bonchev–Trinajstić information content (AvgIpc) is 2.48. The van der Waals surface area contributed by atoms with Crippen molar-refractivity contribution in [1.82, 2.24) is 4.98 Å². The van der Waals surface area contributed by atoms with Gasteiger partial charge in [-0.05, 0) is 24.3 Å². The summed E-state index contributed by atoms with van der Waals surface area (Å²) in [7, 11) is 0. The predicted molar refractivity (Wildman–Crippen MR) is 86.7 cm³/mol. The second-order valence-corrected chi connectivity index (χ2v) is 5.91. The molecule has 2 rings (SSSR count). The van der Waals surface area contributed by atoms with Gasteiger partial charge in [0.2, 0.25) is 5.91 Å². The van der Waals surface area contributed by atoms with Crippen LogP contribution in [-0.4, -0.2) is 21.6 Å². The van der Waals surface area contributed by atoms with Crippen LogP contribution in [0.5, 0.6) is 0 Å². The van der Waals surface area contributed by atoms with E-state index in [1.165, 1.54) is 36.2 Å². The molecule has 114 valence electrons. The van der Waals surface area contributed by atoms with Gasteiger partial charge in [-0.3, -0.25) is 14.9 Å². The van der Waals surface area contributed by atoms with Crippen molar-refractivity contribution in [2.24, 2.45) is 0 Å². The van der Waals surface area contributed by atoms with Crippen molar-refractivity contribution in [1.29, 1.82) is 0 Å². The van der Waals surface area contributed by atoms with Crippen molar-refractivity contribution < 1.29 is 9.72 Å². The molecule has 1 N–H and O–H groups in total. The first-order chi connectivity index (χ1) is 10.5. The van der Waals surface area contributed by atoms with Gasteiger partial charge in [0.1, 0.15) is 5.02 Å². The monoisotopic (exact) mass is 357 g/mol. The lowest BCUT2D eigenvalue weighted by molar-refractivity contribution is -0.384. The molecule has 0 unspecified atom stereocenters. The highest BCUT2D eigenvalue weighted by Crippen LogP contribution is 2.27. The van der Waals surface area contributed by atoms with Gasteiger partial charge < -0.3 is 5.32 Å². The fourth-order valence-electron chi connectivity index (χ4n) is 1.51. The van der Waals surface area contributed by atoms with Crippen LogP contribution < -0.4 is 5.32 Å². The summed E-state index contributed by atoms with van der Waals surface area (Å²) in [6.45, 7) is 0. The Morgan fingerprint density at radius 1 is 1.32 bits per heavy atom. The van der Waals surface area contributed by atoms with Gasteiger partial charge in [-0.15, -0.1) is 0 Å². The minimum Gasteiger partial charge on any atom is -0.325 e. The van der Waals surface area contributed by atoms with E-state index in [1.54, 1.807) is 12.1 Å². The van der Waals surface area contributed by atoms with Gasteiger partial charge in [-0.1, -0.05) is 35.0 Å². The number of benzene rings is 1. The number of halogens is 2. The topological polar surface area (TPSA) is 85.1 Å². The third-order valence-corrected chi connectivity index (χ3v) is 3.96. The minimum absolute atomic E-state index is 0.0164. The van der Waals surface area contributed by atoms with Gasteiger partial charge in [-0.2, -0.15) is 0 Å². The molecule has 0 aliphatic rings. The van der Waals surface area contributed by atoms with Crippen LogP contribution in [-0.2, 0) is 4.79 Å². The molecule has 2 aromatic rings. The number of nitrogens with one attached hydrogen (secondary N) is 1. The Morgan fingerprint density at radius 2 is 2.09 bits per heavy atom. The van der Waals surface area contributed by atoms with Crippen molar-refractivity contribution >= 4 is 52.2 Å². The normalized spacial score (nSPS) is 10.3. The molecule has 1 heterocycles. The van der Waals surface area contributed by atoms with Crippen molar-refractivity contribution in [2.75, 3.05) is 11.1 Å². The molecular formula is C13H9Cl2N3O3S. The number of amides is 1. The summed E-state index contributed by atoms with van der Waals surface area (Å²) in [5.74, 6) is -0.191. The fraction of sp³-hybridized carbons (Fsp3) is 0.0769. The van der Waals surface area contributed by atoms with Gasteiger partial charge in [0, 0.05) is 18.0 Å². The van der Waals surface area contributed by atoms with Crippen LogP contribution in [0.4, 0.5) is 11.4 Å². The van der Waals surface area contributed by atoms with E-state index in [1.807, 2.05) is 0 Å². The van der Waals surface area contributed by atoms with Crippen LogP contribution in [0.25, 0.3) is 0 Å². The number of nitrogens with zero attached hydrogens (tertiary/aromatic N) is 2. The summed E-state index contributed by atoms with van der Waals surface area (Å²) in [4.78, 5) is 26.1. The van der Waals surface area contributed by atoms with E-state index >= 15 is 0 Å². The summed E-state index contributed by atoms with van der Waals surface area (Å²) in [6.07, 6.45) is 1.49. The summed E-state index contributed by atoms with van der Waals surface area (Å²) in [5.41, 5.74) is 0.0530. The number of aromatic nitrogens is 1. The van der Waals surface area contributed by atoms with Gasteiger partial charge in [0.05, 0.1) is 20.7 Å². The Kier molecular flexibility index (Phi) is 5.59. The zero-order valence-corrected chi connectivity index (χ0v) is 13.3. The smallest absolute Gasteiger partial charge is 0.289 e. The molecule has 1 amide bonds.